The molecule has 0 spiro atoms. The first-order valence-corrected chi connectivity index (χ1v) is 12.3. The van der Waals surface area contributed by atoms with Crippen LogP contribution in [0.15, 0.2) is 48.6 Å². The fourth-order valence-electron chi connectivity index (χ4n) is 4.56. The molecule has 10 nitrogen and oxygen atoms in total. The Morgan fingerprint density at radius 1 is 0.889 bits per heavy atom. The minimum Gasteiger partial charge on any atom is -0.382 e. The number of nitrogens with two attached hydrogens (primary N) is 2. The first kappa shape index (κ1) is 24.2. The van der Waals surface area contributed by atoms with Crippen molar-refractivity contribution in [1.29, 1.82) is 0 Å². The average Bonchev–Trinajstić information content (AvgIpc) is 2.87. The van der Waals surface area contributed by atoms with Crippen molar-refractivity contribution in [1.82, 2.24) is 34.9 Å². The fourth-order valence-corrected chi connectivity index (χ4v) is 4.56. The molecule has 188 valence electrons. The SMILES string of the molecule is CC1(COCc2ccc(CN3CCN(Cc4nnc5nc(N)nc(N)c5n4)CC3)cc2)C=CC=CC1. The van der Waals surface area contributed by atoms with Crippen molar-refractivity contribution >= 4 is 22.9 Å². The average molecular weight is 488 g/mol. The van der Waals surface area contributed by atoms with Crippen LogP contribution in [0.3, 0.4) is 0 Å². The summed E-state index contributed by atoms with van der Waals surface area (Å²) in [6.45, 7) is 8.99. The highest BCUT2D eigenvalue weighted by Gasteiger charge is 2.21. The summed E-state index contributed by atoms with van der Waals surface area (Å²) in [5.41, 5.74) is 14.9. The molecule has 0 radical (unpaired) electrons. The van der Waals surface area contributed by atoms with Crippen LogP contribution in [0.1, 0.15) is 30.3 Å². The van der Waals surface area contributed by atoms with Crippen LogP contribution in [0.5, 0.6) is 0 Å². The van der Waals surface area contributed by atoms with Gasteiger partial charge in [0.15, 0.2) is 17.2 Å². The van der Waals surface area contributed by atoms with Gasteiger partial charge in [-0.3, -0.25) is 9.80 Å². The van der Waals surface area contributed by atoms with Crippen LogP contribution in [0.25, 0.3) is 11.2 Å². The predicted octanol–water partition coefficient (Wildman–Crippen LogP) is 2.34. The zero-order chi connectivity index (χ0) is 25.0. The molecular weight excluding hydrogens is 454 g/mol. The van der Waals surface area contributed by atoms with Gasteiger partial charge in [0.1, 0.15) is 0 Å². The van der Waals surface area contributed by atoms with Crippen molar-refractivity contribution in [2.75, 3.05) is 44.3 Å². The number of nitrogen functional groups attached to an aromatic ring is 2. The number of anilines is 2. The fraction of sp³-hybridized carbons (Fsp3) is 0.423. The molecular formula is C26H33N9O. The number of rotatable bonds is 8. The monoisotopic (exact) mass is 487 g/mol. The van der Waals surface area contributed by atoms with Gasteiger partial charge in [-0.05, 0) is 17.5 Å². The molecule has 3 heterocycles. The highest BCUT2D eigenvalue weighted by Crippen LogP contribution is 2.27. The third kappa shape index (κ3) is 6.01. The third-order valence-corrected chi connectivity index (χ3v) is 6.70. The first-order chi connectivity index (χ1) is 17.5. The van der Waals surface area contributed by atoms with E-state index in [9.17, 15) is 0 Å². The quantitative estimate of drug-likeness (QED) is 0.488. The third-order valence-electron chi connectivity index (χ3n) is 6.70. The number of hydrogen-bond acceptors (Lipinski definition) is 10. The summed E-state index contributed by atoms with van der Waals surface area (Å²) in [7, 11) is 0. The molecule has 2 aromatic heterocycles. The number of piperazine rings is 1. The molecule has 10 heteroatoms. The van der Waals surface area contributed by atoms with Crippen LogP contribution in [0.4, 0.5) is 11.8 Å². The molecule has 1 aliphatic heterocycles. The Hall–Kier alpha value is -3.47. The van der Waals surface area contributed by atoms with Gasteiger partial charge < -0.3 is 16.2 Å². The summed E-state index contributed by atoms with van der Waals surface area (Å²) in [4.78, 5) is 17.3. The predicted molar refractivity (Wildman–Crippen MR) is 139 cm³/mol. The van der Waals surface area contributed by atoms with Crippen molar-refractivity contribution in [3.8, 4) is 0 Å². The Kier molecular flexibility index (Phi) is 7.17. The van der Waals surface area contributed by atoms with E-state index in [2.05, 4.69) is 90.4 Å². The number of aromatic nitrogens is 5. The van der Waals surface area contributed by atoms with Gasteiger partial charge >= 0.3 is 0 Å². The lowest BCUT2D eigenvalue weighted by Gasteiger charge is -2.34. The summed E-state index contributed by atoms with van der Waals surface area (Å²) in [6, 6.07) is 8.78. The van der Waals surface area contributed by atoms with Crippen molar-refractivity contribution in [2.45, 2.75) is 33.0 Å². The van der Waals surface area contributed by atoms with Gasteiger partial charge in [-0.2, -0.15) is 9.97 Å². The molecule has 36 heavy (non-hydrogen) atoms. The summed E-state index contributed by atoms with van der Waals surface area (Å²) in [5.74, 6) is 0.908. The molecule has 4 N–H and O–H groups in total. The molecule has 0 bridgehead atoms. The zero-order valence-corrected chi connectivity index (χ0v) is 20.7. The number of hydrogen-bond donors (Lipinski definition) is 2. The maximum absolute atomic E-state index is 6.01. The zero-order valence-electron chi connectivity index (χ0n) is 20.7. The van der Waals surface area contributed by atoms with E-state index in [0.717, 1.165) is 45.8 Å². The van der Waals surface area contributed by atoms with Crippen LogP contribution >= 0.6 is 0 Å². The normalized spacial score (nSPS) is 20.8. The smallest absolute Gasteiger partial charge is 0.224 e. The number of benzene rings is 1. The van der Waals surface area contributed by atoms with Crippen LogP contribution in [0, 0.1) is 5.41 Å². The first-order valence-electron chi connectivity index (χ1n) is 12.3. The number of allylic oxidation sites excluding steroid dienone is 3. The molecule has 1 fully saturated rings. The second kappa shape index (κ2) is 10.7. The molecule has 5 rings (SSSR count). The largest absolute Gasteiger partial charge is 0.382 e. The molecule has 1 unspecified atom stereocenters. The maximum Gasteiger partial charge on any atom is 0.224 e. The van der Waals surface area contributed by atoms with Gasteiger partial charge in [0.2, 0.25) is 11.6 Å². The molecule has 3 aromatic rings. The maximum atomic E-state index is 6.01. The van der Waals surface area contributed by atoms with Gasteiger partial charge in [0.25, 0.3) is 0 Å². The van der Waals surface area contributed by atoms with E-state index >= 15 is 0 Å². The summed E-state index contributed by atoms with van der Waals surface area (Å²) in [5, 5.41) is 8.31. The number of fused-ring (bicyclic) bond motifs is 1. The topological polar surface area (TPSA) is 132 Å². The van der Waals surface area contributed by atoms with Crippen LogP contribution in [-0.4, -0.2) is 67.7 Å². The van der Waals surface area contributed by atoms with Crippen LogP contribution in [-0.2, 0) is 24.4 Å². The second-order valence-electron chi connectivity index (χ2n) is 9.87. The van der Waals surface area contributed by atoms with E-state index in [-0.39, 0.29) is 17.2 Å². The minimum atomic E-state index is 0.0718. The lowest BCUT2D eigenvalue weighted by atomic mass is 9.85. The van der Waals surface area contributed by atoms with Crippen molar-refractivity contribution in [3.05, 3.63) is 65.5 Å². The van der Waals surface area contributed by atoms with Crippen LogP contribution < -0.4 is 11.5 Å². The number of nitrogens with zero attached hydrogens (tertiary/aromatic N) is 7. The summed E-state index contributed by atoms with van der Waals surface area (Å²) >= 11 is 0. The summed E-state index contributed by atoms with van der Waals surface area (Å²) < 4.78 is 6.01. The van der Waals surface area contributed by atoms with Crippen molar-refractivity contribution < 1.29 is 4.74 Å². The van der Waals surface area contributed by atoms with E-state index in [0.29, 0.717) is 30.1 Å². The van der Waals surface area contributed by atoms with Crippen molar-refractivity contribution in [2.24, 2.45) is 5.41 Å². The Bertz CT molecular complexity index is 1250. The molecule has 0 saturated carbocycles. The van der Waals surface area contributed by atoms with Gasteiger partial charge in [0.05, 0.1) is 19.8 Å². The molecule has 1 saturated heterocycles. The van der Waals surface area contributed by atoms with E-state index < -0.39 is 0 Å². The minimum absolute atomic E-state index is 0.0718. The van der Waals surface area contributed by atoms with Crippen molar-refractivity contribution in [3.63, 3.8) is 0 Å². The van der Waals surface area contributed by atoms with Crippen LogP contribution in [0.2, 0.25) is 0 Å². The molecule has 0 amide bonds. The Morgan fingerprint density at radius 3 is 2.33 bits per heavy atom. The van der Waals surface area contributed by atoms with E-state index in [1.165, 1.54) is 11.1 Å². The molecule has 1 atom stereocenters. The van der Waals surface area contributed by atoms with E-state index in [4.69, 9.17) is 16.2 Å². The number of ether oxygens (including phenoxy) is 1. The Labute approximate surface area is 211 Å². The second-order valence-corrected chi connectivity index (χ2v) is 9.87. The summed E-state index contributed by atoms with van der Waals surface area (Å²) in [6.07, 6.45) is 9.68. The van der Waals surface area contributed by atoms with Gasteiger partial charge in [-0.25, -0.2) is 4.98 Å². The Balaban J connectivity index is 1.07. The highest BCUT2D eigenvalue weighted by atomic mass is 16.5. The highest BCUT2D eigenvalue weighted by molar-refractivity contribution is 5.81. The Morgan fingerprint density at radius 2 is 1.61 bits per heavy atom. The standard InChI is InChI=1S/C26H33N9O/c1-26(9-3-2-4-10-26)18-36-17-20-7-5-19(6-8-20)15-34-11-13-35(14-12-34)16-21-29-22-23(27)30-25(28)31-24(22)33-32-21/h2-9H,10-18H2,1H3,(H4,27,28,30,31,33). The lowest BCUT2D eigenvalue weighted by Crippen LogP contribution is -2.45. The molecule has 1 aromatic carbocycles. The van der Waals surface area contributed by atoms with E-state index in [1.807, 2.05) is 0 Å². The van der Waals surface area contributed by atoms with Gasteiger partial charge in [-0.15, -0.1) is 10.2 Å². The van der Waals surface area contributed by atoms with E-state index in [1.54, 1.807) is 0 Å². The lowest BCUT2D eigenvalue weighted by molar-refractivity contribution is 0.0650. The molecule has 2 aliphatic rings. The van der Waals surface area contributed by atoms with Gasteiger partial charge in [-0.1, -0.05) is 55.5 Å². The van der Waals surface area contributed by atoms with Gasteiger partial charge in [0, 0.05) is 38.1 Å². The molecule has 1 aliphatic carbocycles.